The van der Waals surface area contributed by atoms with Crippen molar-refractivity contribution < 1.29 is 22.7 Å². The Morgan fingerprint density at radius 2 is 1.79 bits per heavy atom. The molecule has 2 aromatic carbocycles. The van der Waals surface area contributed by atoms with Gasteiger partial charge in [0.1, 0.15) is 5.82 Å². The summed E-state index contributed by atoms with van der Waals surface area (Å²) in [7, 11) is -3.83. The summed E-state index contributed by atoms with van der Waals surface area (Å²) < 4.78 is 40.2. The lowest BCUT2D eigenvalue weighted by Crippen LogP contribution is -2.40. The lowest BCUT2D eigenvalue weighted by molar-refractivity contribution is 0.102. The van der Waals surface area contributed by atoms with Gasteiger partial charge in [0.25, 0.3) is 5.91 Å². The SMILES string of the molecule is O=C(Nc1ccc(F)c(Cl)c1)c1cc(S(=O)(=O)N2CCC(O)CC2)ccc1Cl. The number of aliphatic hydroxyl groups is 1. The van der Waals surface area contributed by atoms with Crippen LogP contribution in [0.25, 0.3) is 0 Å². The van der Waals surface area contributed by atoms with Crippen molar-refractivity contribution in [1.29, 1.82) is 0 Å². The van der Waals surface area contributed by atoms with Crippen LogP contribution in [0.5, 0.6) is 0 Å². The highest BCUT2D eigenvalue weighted by molar-refractivity contribution is 7.89. The van der Waals surface area contributed by atoms with E-state index in [2.05, 4.69) is 5.32 Å². The molecule has 150 valence electrons. The zero-order valence-electron chi connectivity index (χ0n) is 14.5. The van der Waals surface area contributed by atoms with Crippen LogP contribution < -0.4 is 5.32 Å². The number of amides is 1. The molecular weight excluding hydrogens is 430 g/mol. The minimum atomic E-state index is -3.83. The van der Waals surface area contributed by atoms with E-state index in [9.17, 15) is 22.7 Å². The average Bonchev–Trinajstić information content (AvgIpc) is 2.65. The molecule has 28 heavy (non-hydrogen) atoms. The molecule has 1 aliphatic heterocycles. The summed E-state index contributed by atoms with van der Waals surface area (Å²) in [6, 6.07) is 7.53. The van der Waals surface area contributed by atoms with Gasteiger partial charge in [0.05, 0.1) is 26.6 Å². The number of sulfonamides is 1. The minimum Gasteiger partial charge on any atom is -0.393 e. The van der Waals surface area contributed by atoms with Crippen molar-refractivity contribution in [3.8, 4) is 0 Å². The second-order valence-electron chi connectivity index (χ2n) is 6.36. The molecule has 1 aliphatic rings. The number of piperidine rings is 1. The number of aliphatic hydroxyl groups excluding tert-OH is 1. The topological polar surface area (TPSA) is 86.7 Å². The molecule has 1 fully saturated rings. The Morgan fingerprint density at radius 3 is 2.43 bits per heavy atom. The highest BCUT2D eigenvalue weighted by atomic mass is 35.5. The van der Waals surface area contributed by atoms with Gasteiger partial charge in [0.15, 0.2) is 0 Å². The van der Waals surface area contributed by atoms with Gasteiger partial charge in [-0.15, -0.1) is 0 Å². The first kappa shape index (κ1) is 21.0. The fourth-order valence-corrected chi connectivity index (χ4v) is 4.72. The van der Waals surface area contributed by atoms with Gasteiger partial charge < -0.3 is 10.4 Å². The standard InChI is InChI=1S/C18H17Cl2FN2O4S/c19-15-3-2-13(28(26,27)23-7-5-12(24)6-8-23)10-14(15)18(25)22-11-1-4-17(21)16(20)9-11/h1-4,9-10,12,24H,5-8H2,(H,22,25). The number of nitrogens with one attached hydrogen (secondary N) is 1. The number of anilines is 1. The van der Waals surface area contributed by atoms with Crippen LogP contribution >= 0.6 is 23.2 Å². The first-order valence-electron chi connectivity index (χ1n) is 8.42. The molecule has 10 heteroatoms. The molecule has 0 aromatic heterocycles. The van der Waals surface area contributed by atoms with Crippen molar-refractivity contribution in [1.82, 2.24) is 4.31 Å². The maximum absolute atomic E-state index is 13.3. The molecule has 0 atom stereocenters. The summed E-state index contributed by atoms with van der Waals surface area (Å²) in [5, 5.41) is 12.0. The van der Waals surface area contributed by atoms with Crippen molar-refractivity contribution in [2.45, 2.75) is 23.8 Å². The largest absolute Gasteiger partial charge is 0.393 e. The van der Waals surface area contributed by atoms with Gasteiger partial charge in [-0.2, -0.15) is 4.31 Å². The molecule has 2 aromatic rings. The van der Waals surface area contributed by atoms with Gasteiger partial charge in [-0.05, 0) is 49.2 Å². The third-order valence-corrected chi connectivity index (χ3v) is 6.94. The predicted octanol–water partition coefficient (Wildman–Crippen LogP) is 3.53. The van der Waals surface area contributed by atoms with Crippen LogP contribution in [-0.2, 0) is 10.0 Å². The van der Waals surface area contributed by atoms with Crippen molar-refractivity contribution in [2.75, 3.05) is 18.4 Å². The quantitative estimate of drug-likeness (QED) is 0.751. The Labute approximate surface area is 171 Å². The van der Waals surface area contributed by atoms with E-state index in [0.717, 1.165) is 6.07 Å². The number of benzene rings is 2. The third-order valence-electron chi connectivity index (χ3n) is 4.42. The smallest absolute Gasteiger partial charge is 0.257 e. The summed E-state index contributed by atoms with van der Waals surface area (Å²) in [6.45, 7) is 0.392. The number of nitrogens with zero attached hydrogens (tertiary/aromatic N) is 1. The molecule has 3 rings (SSSR count). The van der Waals surface area contributed by atoms with Gasteiger partial charge in [-0.1, -0.05) is 23.2 Å². The van der Waals surface area contributed by atoms with E-state index in [1.54, 1.807) is 0 Å². The lowest BCUT2D eigenvalue weighted by Gasteiger charge is -2.28. The second-order valence-corrected chi connectivity index (χ2v) is 9.11. The minimum absolute atomic E-state index is 0.0415. The molecule has 0 unspecified atom stereocenters. The molecule has 1 heterocycles. The van der Waals surface area contributed by atoms with E-state index in [4.69, 9.17) is 23.2 Å². The Bertz CT molecular complexity index is 1010. The molecule has 0 radical (unpaired) electrons. The van der Waals surface area contributed by atoms with Crippen LogP contribution in [0.15, 0.2) is 41.3 Å². The van der Waals surface area contributed by atoms with E-state index < -0.39 is 27.9 Å². The highest BCUT2D eigenvalue weighted by Gasteiger charge is 2.29. The molecule has 1 amide bonds. The molecule has 0 saturated carbocycles. The Morgan fingerprint density at radius 1 is 1.11 bits per heavy atom. The van der Waals surface area contributed by atoms with Crippen LogP contribution in [0.3, 0.4) is 0 Å². The Balaban J connectivity index is 1.86. The van der Waals surface area contributed by atoms with Gasteiger partial charge in [0.2, 0.25) is 10.0 Å². The normalized spacial score (nSPS) is 16.1. The van der Waals surface area contributed by atoms with Crippen LogP contribution in [0.1, 0.15) is 23.2 Å². The number of carbonyl (C=O) groups is 1. The van der Waals surface area contributed by atoms with Crippen molar-refractivity contribution >= 4 is 44.8 Å². The van der Waals surface area contributed by atoms with Gasteiger partial charge in [0, 0.05) is 18.8 Å². The van der Waals surface area contributed by atoms with Crippen LogP contribution in [0.2, 0.25) is 10.0 Å². The van der Waals surface area contributed by atoms with E-state index in [1.807, 2.05) is 0 Å². The maximum atomic E-state index is 13.3. The van der Waals surface area contributed by atoms with Crippen LogP contribution in [0.4, 0.5) is 10.1 Å². The molecule has 0 bridgehead atoms. The lowest BCUT2D eigenvalue weighted by atomic mass is 10.1. The molecule has 1 saturated heterocycles. The number of carbonyl (C=O) groups excluding carboxylic acids is 1. The number of hydrogen-bond acceptors (Lipinski definition) is 4. The molecule has 0 aliphatic carbocycles. The predicted molar refractivity (Wildman–Crippen MR) is 105 cm³/mol. The number of halogens is 3. The van der Waals surface area contributed by atoms with E-state index in [1.165, 1.54) is 34.6 Å². The van der Waals surface area contributed by atoms with E-state index in [0.29, 0.717) is 12.8 Å². The van der Waals surface area contributed by atoms with Gasteiger partial charge in [-0.3, -0.25) is 4.79 Å². The highest BCUT2D eigenvalue weighted by Crippen LogP contribution is 2.26. The van der Waals surface area contributed by atoms with Crippen LogP contribution in [-0.4, -0.2) is 42.9 Å². The molecule has 6 nitrogen and oxygen atoms in total. The zero-order chi connectivity index (χ0) is 20.5. The fourth-order valence-electron chi connectivity index (χ4n) is 2.84. The summed E-state index contributed by atoms with van der Waals surface area (Å²) in [5.74, 6) is -1.28. The van der Waals surface area contributed by atoms with E-state index >= 15 is 0 Å². The zero-order valence-corrected chi connectivity index (χ0v) is 16.9. The Kier molecular flexibility index (Phi) is 6.26. The van der Waals surface area contributed by atoms with Crippen LogP contribution in [0, 0.1) is 5.82 Å². The summed E-state index contributed by atoms with van der Waals surface area (Å²) in [5.41, 5.74) is 0.200. The molecule has 0 spiro atoms. The van der Waals surface area contributed by atoms with Gasteiger partial charge in [-0.25, -0.2) is 12.8 Å². The van der Waals surface area contributed by atoms with Crippen molar-refractivity contribution in [2.24, 2.45) is 0 Å². The first-order valence-corrected chi connectivity index (χ1v) is 10.6. The first-order chi connectivity index (χ1) is 13.2. The van der Waals surface area contributed by atoms with Crippen molar-refractivity contribution in [3.63, 3.8) is 0 Å². The van der Waals surface area contributed by atoms with Gasteiger partial charge >= 0.3 is 0 Å². The third kappa shape index (κ3) is 4.47. The van der Waals surface area contributed by atoms with E-state index in [-0.39, 0.29) is 39.3 Å². The molecular formula is C18H17Cl2FN2O4S. The second kappa shape index (κ2) is 8.34. The fraction of sp³-hybridized carbons (Fsp3) is 0.278. The average molecular weight is 447 g/mol. The molecule has 2 N–H and O–H groups in total. The summed E-state index contributed by atoms with van der Waals surface area (Å²) >= 11 is 11.8. The Hall–Kier alpha value is -1.71. The monoisotopic (exact) mass is 446 g/mol. The summed E-state index contributed by atoms with van der Waals surface area (Å²) in [6.07, 6.45) is 0.192. The maximum Gasteiger partial charge on any atom is 0.257 e. The van der Waals surface area contributed by atoms with Crippen molar-refractivity contribution in [3.05, 3.63) is 57.8 Å². The number of rotatable bonds is 4. The number of hydrogen-bond donors (Lipinski definition) is 2. The summed E-state index contributed by atoms with van der Waals surface area (Å²) in [4.78, 5) is 12.5.